The molecule has 1 aromatic rings. The highest BCUT2D eigenvalue weighted by atomic mass is 16.5. The number of carboxylic acids is 1. The molecule has 98 valence electrons. The largest absolute Gasteiger partial charge is 0.494 e. The van der Waals surface area contributed by atoms with Crippen LogP contribution in [-0.4, -0.2) is 23.5 Å². The normalized spacial score (nSPS) is 10.1. The highest BCUT2D eigenvalue weighted by Gasteiger charge is 2.02. The molecule has 0 aliphatic carbocycles. The minimum Gasteiger partial charge on any atom is -0.494 e. The molecule has 0 saturated carbocycles. The van der Waals surface area contributed by atoms with Crippen LogP contribution in [0.1, 0.15) is 43.0 Å². The standard InChI is InChI=1S/C14H18O4/c1-2-13(15)11-6-8-12(9-7-11)18-10-4-3-5-14(16)17/h6-9H,2-5,10H2,1H3,(H,16,17). The van der Waals surface area contributed by atoms with Gasteiger partial charge in [-0.15, -0.1) is 0 Å². The second-order valence-electron chi connectivity index (χ2n) is 4.00. The molecule has 0 heterocycles. The number of carbonyl (C=O) groups is 2. The van der Waals surface area contributed by atoms with Crippen molar-refractivity contribution in [2.24, 2.45) is 0 Å². The molecule has 0 unspecified atom stereocenters. The fourth-order valence-electron chi connectivity index (χ4n) is 1.51. The van der Waals surface area contributed by atoms with Crippen molar-refractivity contribution < 1.29 is 19.4 Å². The summed E-state index contributed by atoms with van der Waals surface area (Å²) < 4.78 is 5.45. The average molecular weight is 250 g/mol. The van der Waals surface area contributed by atoms with Crippen molar-refractivity contribution in [3.63, 3.8) is 0 Å². The zero-order chi connectivity index (χ0) is 13.4. The number of ether oxygens (including phenoxy) is 1. The van der Waals surface area contributed by atoms with Crippen molar-refractivity contribution >= 4 is 11.8 Å². The van der Waals surface area contributed by atoms with Gasteiger partial charge in [-0.3, -0.25) is 9.59 Å². The van der Waals surface area contributed by atoms with Crippen LogP contribution in [0.25, 0.3) is 0 Å². The van der Waals surface area contributed by atoms with Gasteiger partial charge in [0.1, 0.15) is 5.75 Å². The number of hydrogen-bond donors (Lipinski definition) is 1. The molecule has 0 amide bonds. The Morgan fingerprint density at radius 2 is 1.83 bits per heavy atom. The van der Waals surface area contributed by atoms with Crippen LogP contribution in [0, 0.1) is 0 Å². The summed E-state index contributed by atoms with van der Waals surface area (Å²) in [5.74, 6) is 0.0402. The van der Waals surface area contributed by atoms with Crippen LogP contribution in [0.2, 0.25) is 0 Å². The molecular weight excluding hydrogens is 232 g/mol. The maximum absolute atomic E-state index is 11.4. The Balaban J connectivity index is 2.31. The van der Waals surface area contributed by atoms with E-state index < -0.39 is 5.97 Å². The van der Waals surface area contributed by atoms with E-state index in [1.165, 1.54) is 0 Å². The number of rotatable bonds is 8. The molecule has 0 fully saturated rings. The maximum Gasteiger partial charge on any atom is 0.303 e. The molecule has 1 N–H and O–H groups in total. The Hall–Kier alpha value is -1.84. The predicted octanol–water partition coefficient (Wildman–Crippen LogP) is 2.91. The van der Waals surface area contributed by atoms with Gasteiger partial charge in [0.05, 0.1) is 6.61 Å². The van der Waals surface area contributed by atoms with E-state index in [-0.39, 0.29) is 12.2 Å². The summed E-state index contributed by atoms with van der Waals surface area (Å²) in [4.78, 5) is 21.7. The van der Waals surface area contributed by atoms with Gasteiger partial charge in [0.2, 0.25) is 0 Å². The molecule has 0 aliphatic heterocycles. The van der Waals surface area contributed by atoms with Crippen LogP contribution in [0.5, 0.6) is 5.75 Å². The van der Waals surface area contributed by atoms with Crippen LogP contribution < -0.4 is 4.74 Å². The van der Waals surface area contributed by atoms with Gasteiger partial charge < -0.3 is 9.84 Å². The third-order valence-electron chi connectivity index (χ3n) is 2.55. The molecule has 0 aliphatic rings. The molecule has 0 aromatic heterocycles. The highest BCUT2D eigenvalue weighted by Crippen LogP contribution is 2.14. The summed E-state index contributed by atoms with van der Waals surface area (Å²) in [6.45, 7) is 2.32. The molecule has 0 radical (unpaired) electrons. The van der Waals surface area contributed by atoms with Crippen LogP contribution >= 0.6 is 0 Å². The van der Waals surface area contributed by atoms with Crippen LogP contribution in [-0.2, 0) is 4.79 Å². The van der Waals surface area contributed by atoms with Crippen LogP contribution in [0.15, 0.2) is 24.3 Å². The monoisotopic (exact) mass is 250 g/mol. The zero-order valence-corrected chi connectivity index (χ0v) is 10.5. The molecule has 0 atom stereocenters. The maximum atomic E-state index is 11.4. The van der Waals surface area contributed by atoms with E-state index in [0.29, 0.717) is 37.2 Å². The molecule has 1 aromatic carbocycles. The molecular formula is C14H18O4. The Labute approximate surface area is 107 Å². The number of hydrogen-bond acceptors (Lipinski definition) is 3. The zero-order valence-electron chi connectivity index (χ0n) is 10.5. The number of ketones is 1. The topological polar surface area (TPSA) is 63.6 Å². The lowest BCUT2D eigenvalue weighted by Crippen LogP contribution is -2.01. The summed E-state index contributed by atoms with van der Waals surface area (Å²) in [5.41, 5.74) is 0.690. The minimum absolute atomic E-state index is 0.114. The first kappa shape index (κ1) is 14.2. The molecule has 4 nitrogen and oxygen atoms in total. The first-order valence-electron chi connectivity index (χ1n) is 6.11. The van der Waals surface area contributed by atoms with Gasteiger partial charge >= 0.3 is 5.97 Å². The molecule has 1 rings (SSSR count). The fraction of sp³-hybridized carbons (Fsp3) is 0.429. The van der Waals surface area contributed by atoms with Gasteiger partial charge in [-0.25, -0.2) is 0 Å². The summed E-state index contributed by atoms with van der Waals surface area (Å²) in [6.07, 6.45) is 1.99. The first-order chi connectivity index (χ1) is 8.63. The number of carbonyl (C=O) groups excluding carboxylic acids is 1. The SMILES string of the molecule is CCC(=O)c1ccc(OCCCCC(=O)O)cc1. The Morgan fingerprint density at radius 1 is 1.17 bits per heavy atom. The van der Waals surface area contributed by atoms with Crippen molar-refractivity contribution in [2.45, 2.75) is 32.6 Å². The smallest absolute Gasteiger partial charge is 0.303 e. The van der Waals surface area contributed by atoms with Crippen molar-refractivity contribution in [2.75, 3.05) is 6.61 Å². The average Bonchev–Trinajstić information content (AvgIpc) is 2.38. The van der Waals surface area contributed by atoms with E-state index in [2.05, 4.69) is 0 Å². The third-order valence-corrected chi connectivity index (χ3v) is 2.55. The molecule has 0 saturated heterocycles. The van der Waals surface area contributed by atoms with Gasteiger partial charge in [-0.1, -0.05) is 6.92 Å². The van der Waals surface area contributed by atoms with Gasteiger partial charge in [-0.05, 0) is 37.1 Å². The Kier molecular flexibility index (Phi) is 5.91. The summed E-state index contributed by atoms with van der Waals surface area (Å²) in [6, 6.07) is 7.02. The van der Waals surface area contributed by atoms with Crippen molar-refractivity contribution in [1.82, 2.24) is 0 Å². The highest BCUT2D eigenvalue weighted by molar-refractivity contribution is 5.95. The lowest BCUT2D eigenvalue weighted by Gasteiger charge is -2.06. The predicted molar refractivity (Wildman–Crippen MR) is 68.0 cm³/mol. The number of aliphatic carboxylic acids is 1. The first-order valence-corrected chi connectivity index (χ1v) is 6.11. The summed E-state index contributed by atoms with van der Waals surface area (Å²) in [7, 11) is 0. The molecule has 0 spiro atoms. The quantitative estimate of drug-likeness (QED) is 0.569. The molecule has 0 bridgehead atoms. The van der Waals surface area contributed by atoms with E-state index in [9.17, 15) is 9.59 Å². The van der Waals surface area contributed by atoms with E-state index in [4.69, 9.17) is 9.84 Å². The Morgan fingerprint density at radius 3 is 2.39 bits per heavy atom. The van der Waals surface area contributed by atoms with Gasteiger partial charge in [0.15, 0.2) is 5.78 Å². The lowest BCUT2D eigenvalue weighted by atomic mass is 10.1. The van der Waals surface area contributed by atoms with Crippen LogP contribution in [0.3, 0.4) is 0 Å². The summed E-state index contributed by atoms with van der Waals surface area (Å²) in [5, 5.41) is 8.46. The van der Waals surface area contributed by atoms with Crippen LogP contribution in [0.4, 0.5) is 0 Å². The van der Waals surface area contributed by atoms with E-state index in [0.717, 1.165) is 0 Å². The van der Waals surface area contributed by atoms with Gasteiger partial charge in [-0.2, -0.15) is 0 Å². The fourth-order valence-corrected chi connectivity index (χ4v) is 1.51. The van der Waals surface area contributed by atoms with Crippen molar-refractivity contribution in [3.8, 4) is 5.75 Å². The summed E-state index contributed by atoms with van der Waals surface area (Å²) >= 11 is 0. The van der Waals surface area contributed by atoms with Gasteiger partial charge in [0.25, 0.3) is 0 Å². The lowest BCUT2D eigenvalue weighted by molar-refractivity contribution is -0.137. The van der Waals surface area contributed by atoms with E-state index in [1.54, 1.807) is 24.3 Å². The third kappa shape index (κ3) is 4.99. The Bertz CT molecular complexity index is 395. The molecule has 4 heteroatoms. The minimum atomic E-state index is -0.780. The number of carboxylic acid groups (broad SMARTS) is 1. The molecule has 18 heavy (non-hydrogen) atoms. The second-order valence-corrected chi connectivity index (χ2v) is 4.00. The van der Waals surface area contributed by atoms with Gasteiger partial charge in [0, 0.05) is 18.4 Å². The van der Waals surface area contributed by atoms with Crippen molar-refractivity contribution in [1.29, 1.82) is 0 Å². The number of Topliss-reactive ketones (excluding diaryl/α,β-unsaturated/α-hetero) is 1. The second kappa shape index (κ2) is 7.48. The van der Waals surface area contributed by atoms with E-state index in [1.807, 2.05) is 6.92 Å². The number of benzene rings is 1. The number of unbranched alkanes of at least 4 members (excludes halogenated alkanes) is 1. The van der Waals surface area contributed by atoms with Crippen molar-refractivity contribution in [3.05, 3.63) is 29.8 Å². The van der Waals surface area contributed by atoms with E-state index >= 15 is 0 Å².